The van der Waals surface area contributed by atoms with Crippen LogP contribution in [0.2, 0.25) is 0 Å². The number of nitrogens with one attached hydrogen (secondary N) is 1. The summed E-state index contributed by atoms with van der Waals surface area (Å²) in [5.74, 6) is -0.0435. The molecule has 53 heavy (non-hydrogen) atoms. The van der Waals surface area contributed by atoms with Crippen molar-refractivity contribution in [2.24, 2.45) is 15.8 Å². The first-order valence-corrected chi connectivity index (χ1v) is 19.0. The number of hydrogen-bond donors (Lipinski definition) is 1. The van der Waals surface area contributed by atoms with Crippen LogP contribution in [0.3, 0.4) is 0 Å². The number of benzene rings is 3. The summed E-state index contributed by atoms with van der Waals surface area (Å²) < 4.78 is 49.6. The summed E-state index contributed by atoms with van der Waals surface area (Å²) >= 11 is 0. The predicted molar refractivity (Wildman–Crippen MR) is 200 cm³/mol. The quantitative estimate of drug-likeness (QED) is 0.196. The van der Waals surface area contributed by atoms with Crippen LogP contribution in [-0.4, -0.2) is 67.5 Å². The van der Waals surface area contributed by atoms with Gasteiger partial charge in [-0.05, 0) is 88.0 Å². The standard InChI is InChI=1S/C22H29F3N2O2.C21H23NO2/c1-21(8-4-19(13-21)26-18-6-10-29-11-7-18)20(28)27-9-5-15-2-3-17(22(23,24)25)12-16(15)14-27;1-21(20(23)24-2)14-13-18(15-21)22-19(16-9-5-3-6-10-16)17-11-7-4-8-12-17/h2-3,12,18-19,26H,4-11,13-14H2,1H3;3-12,18H,13-15H2,1-2H3/t19-,21?;18-,21?/m11/s1. The van der Waals surface area contributed by atoms with Gasteiger partial charge in [0, 0.05) is 54.9 Å². The summed E-state index contributed by atoms with van der Waals surface area (Å²) in [7, 11) is 1.46. The topological polar surface area (TPSA) is 80.2 Å². The van der Waals surface area contributed by atoms with Crippen LogP contribution in [0.25, 0.3) is 0 Å². The first-order valence-electron chi connectivity index (χ1n) is 19.0. The normalized spacial score (nSPS) is 25.9. The molecule has 2 unspecified atom stereocenters. The van der Waals surface area contributed by atoms with Gasteiger partial charge in [0.1, 0.15) is 0 Å². The van der Waals surface area contributed by atoms with E-state index in [-0.39, 0.29) is 24.5 Å². The Morgan fingerprint density at radius 1 is 0.830 bits per heavy atom. The van der Waals surface area contributed by atoms with Crippen LogP contribution < -0.4 is 5.32 Å². The van der Waals surface area contributed by atoms with E-state index in [9.17, 15) is 22.8 Å². The lowest BCUT2D eigenvalue weighted by Gasteiger charge is -2.36. The molecule has 1 amide bonds. The highest BCUT2D eigenvalue weighted by Crippen LogP contribution is 2.42. The number of aliphatic imine (C=N–C) groups is 1. The number of amides is 1. The second kappa shape index (κ2) is 16.6. The van der Waals surface area contributed by atoms with Crippen molar-refractivity contribution in [3.63, 3.8) is 0 Å². The highest BCUT2D eigenvalue weighted by Gasteiger charge is 2.45. The molecule has 1 saturated heterocycles. The zero-order chi connectivity index (χ0) is 37.6. The average Bonchev–Trinajstić information content (AvgIpc) is 3.76. The maximum absolute atomic E-state index is 13.3. The van der Waals surface area contributed by atoms with E-state index in [4.69, 9.17) is 14.5 Å². The van der Waals surface area contributed by atoms with Crippen molar-refractivity contribution in [1.82, 2.24) is 10.2 Å². The summed E-state index contributed by atoms with van der Waals surface area (Å²) in [4.78, 5) is 32.1. The van der Waals surface area contributed by atoms with E-state index in [1.807, 2.05) is 50.2 Å². The SMILES string of the molecule is CC1(C(=O)N2CCc3ccc(C(F)(F)F)cc3C2)CC[C@@H](NC2CCOCC2)C1.COC(=O)C1(C)CC[C@@H](N=C(c2ccccc2)c2ccccc2)C1. The van der Waals surface area contributed by atoms with Crippen LogP contribution in [0.4, 0.5) is 13.2 Å². The molecule has 4 aliphatic rings. The molecular formula is C43H52F3N3O4. The molecule has 1 N–H and O–H groups in total. The fraction of sp³-hybridized carbons (Fsp3) is 0.512. The van der Waals surface area contributed by atoms with E-state index in [1.54, 1.807) is 11.0 Å². The van der Waals surface area contributed by atoms with Crippen molar-refractivity contribution in [3.05, 3.63) is 107 Å². The lowest BCUT2D eigenvalue weighted by atomic mass is 9.85. The summed E-state index contributed by atoms with van der Waals surface area (Å²) in [5.41, 5.74) is 3.25. The summed E-state index contributed by atoms with van der Waals surface area (Å²) in [6.45, 7) is 6.42. The van der Waals surface area contributed by atoms with E-state index in [0.29, 0.717) is 30.6 Å². The van der Waals surface area contributed by atoms with Crippen molar-refractivity contribution in [1.29, 1.82) is 0 Å². The Kier molecular flexibility index (Phi) is 12.1. The lowest BCUT2D eigenvalue weighted by Crippen LogP contribution is -2.45. The van der Waals surface area contributed by atoms with Gasteiger partial charge in [-0.15, -0.1) is 0 Å². The van der Waals surface area contributed by atoms with Gasteiger partial charge in [0.2, 0.25) is 5.91 Å². The fourth-order valence-corrected chi connectivity index (χ4v) is 8.51. The number of methoxy groups -OCH3 is 1. The minimum atomic E-state index is -4.36. The molecule has 10 heteroatoms. The second-order valence-electron chi connectivity index (χ2n) is 15.7. The van der Waals surface area contributed by atoms with E-state index in [2.05, 4.69) is 29.6 Å². The van der Waals surface area contributed by atoms with Crippen molar-refractivity contribution in [2.45, 2.75) is 102 Å². The Balaban J connectivity index is 0.000000185. The van der Waals surface area contributed by atoms with Gasteiger partial charge in [-0.1, -0.05) is 73.7 Å². The molecule has 2 heterocycles. The minimum absolute atomic E-state index is 0.0804. The molecule has 2 aliphatic carbocycles. The number of ether oxygens (including phenoxy) is 2. The van der Waals surface area contributed by atoms with E-state index in [1.165, 1.54) is 13.2 Å². The van der Waals surface area contributed by atoms with Crippen molar-refractivity contribution in [3.8, 4) is 0 Å². The predicted octanol–water partition coefficient (Wildman–Crippen LogP) is 8.17. The zero-order valence-electron chi connectivity index (χ0n) is 31.1. The van der Waals surface area contributed by atoms with Gasteiger partial charge >= 0.3 is 12.1 Å². The Morgan fingerprint density at radius 3 is 2.09 bits per heavy atom. The molecule has 0 radical (unpaired) electrons. The molecule has 0 spiro atoms. The molecule has 284 valence electrons. The average molecular weight is 732 g/mol. The number of carbonyl (C=O) groups is 2. The van der Waals surface area contributed by atoms with Crippen LogP contribution in [0.1, 0.15) is 93.0 Å². The van der Waals surface area contributed by atoms with Crippen molar-refractivity contribution in [2.75, 3.05) is 26.9 Å². The number of esters is 1. The van der Waals surface area contributed by atoms with Crippen molar-refractivity contribution >= 4 is 17.6 Å². The molecule has 3 aromatic rings. The molecule has 4 atom stereocenters. The van der Waals surface area contributed by atoms with E-state index < -0.39 is 22.6 Å². The number of nitrogens with zero attached hydrogens (tertiary/aromatic N) is 2. The van der Waals surface area contributed by atoms with Crippen LogP contribution in [0.15, 0.2) is 83.9 Å². The Morgan fingerprint density at radius 2 is 1.47 bits per heavy atom. The number of hydrogen-bond acceptors (Lipinski definition) is 6. The lowest BCUT2D eigenvalue weighted by molar-refractivity contribution is -0.151. The van der Waals surface area contributed by atoms with E-state index >= 15 is 0 Å². The number of fused-ring (bicyclic) bond motifs is 1. The van der Waals surface area contributed by atoms with Gasteiger partial charge in [-0.3, -0.25) is 14.6 Å². The fourth-order valence-electron chi connectivity index (χ4n) is 8.51. The first-order chi connectivity index (χ1) is 25.4. The monoisotopic (exact) mass is 731 g/mol. The number of halogens is 3. The Bertz CT molecular complexity index is 1700. The summed E-state index contributed by atoms with van der Waals surface area (Å²) in [5, 5.41) is 3.69. The third-order valence-corrected chi connectivity index (χ3v) is 11.6. The highest BCUT2D eigenvalue weighted by molar-refractivity contribution is 6.13. The first kappa shape index (κ1) is 38.7. The zero-order valence-corrected chi connectivity index (χ0v) is 31.1. The van der Waals surface area contributed by atoms with Gasteiger partial charge in [0.05, 0.1) is 29.8 Å². The maximum atomic E-state index is 13.3. The van der Waals surface area contributed by atoms with Gasteiger partial charge in [-0.25, -0.2) is 0 Å². The summed E-state index contributed by atoms with van der Waals surface area (Å²) in [6, 6.07) is 25.3. The van der Waals surface area contributed by atoms with Crippen LogP contribution in [-0.2, 0) is 38.2 Å². The molecule has 3 aromatic carbocycles. The van der Waals surface area contributed by atoms with Gasteiger partial charge in [0.15, 0.2) is 0 Å². The Labute approximate surface area is 311 Å². The van der Waals surface area contributed by atoms with Crippen molar-refractivity contribution < 1.29 is 32.2 Å². The minimum Gasteiger partial charge on any atom is -0.469 e. The molecule has 7 nitrogen and oxygen atoms in total. The third kappa shape index (κ3) is 9.38. The summed E-state index contributed by atoms with van der Waals surface area (Å²) in [6.07, 6.45) is 3.30. The molecule has 7 rings (SSSR count). The van der Waals surface area contributed by atoms with Gasteiger partial charge in [-0.2, -0.15) is 13.2 Å². The number of rotatable bonds is 7. The van der Waals surface area contributed by atoms with Crippen LogP contribution in [0, 0.1) is 10.8 Å². The molecule has 2 saturated carbocycles. The molecule has 0 bridgehead atoms. The molecule has 3 fully saturated rings. The molecule has 0 aromatic heterocycles. The maximum Gasteiger partial charge on any atom is 0.416 e. The second-order valence-corrected chi connectivity index (χ2v) is 15.7. The third-order valence-electron chi connectivity index (χ3n) is 11.6. The number of carbonyl (C=O) groups excluding carboxylic acids is 2. The van der Waals surface area contributed by atoms with E-state index in [0.717, 1.165) is 93.0 Å². The molecular weight excluding hydrogens is 679 g/mol. The Hall–Kier alpha value is -4.02. The number of alkyl halides is 3. The molecule has 2 aliphatic heterocycles. The van der Waals surface area contributed by atoms with Crippen LogP contribution >= 0.6 is 0 Å². The van der Waals surface area contributed by atoms with Gasteiger partial charge in [0.25, 0.3) is 0 Å². The smallest absolute Gasteiger partial charge is 0.416 e. The van der Waals surface area contributed by atoms with Gasteiger partial charge < -0.3 is 19.7 Å². The highest BCUT2D eigenvalue weighted by atomic mass is 19.4. The van der Waals surface area contributed by atoms with Crippen LogP contribution in [0.5, 0.6) is 0 Å². The largest absolute Gasteiger partial charge is 0.469 e.